The van der Waals surface area contributed by atoms with Gasteiger partial charge < -0.3 is 14.5 Å². The summed E-state index contributed by atoms with van der Waals surface area (Å²) in [4.78, 5) is 16.0. The highest BCUT2D eigenvalue weighted by Gasteiger charge is 2.22. The Morgan fingerprint density at radius 3 is 2.50 bits per heavy atom. The lowest BCUT2D eigenvalue weighted by molar-refractivity contribution is 0.0659. The predicted molar refractivity (Wildman–Crippen MR) is 66.4 cm³/mol. The highest BCUT2D eigenvalue weighted by molar-refractivity contribution is 5.94. The molecule has 2 rings (SSSR count). The van der Waals surface area contributed by atoms with Gasteiger partial charge in [-0.2, -0.15) is 0 Å². The largest absolute Gasteiger partial charge is 0.497 e. The van der Waals surface area contributed by atoms with E-state index in [1.54, 1.807) is 11.0 Å². The van der Waals surface area contributed by atoms with Crippen molar-refractivity contribution in [2.45, 2.75) is 0 Å². The van der Waals surface area contributed by atoms with Crippen LogP contribution in [0.25, 0.3) is 0 Å². The standard InChI is InChI=1S/C13H17FN2O2/c1-15-5-7-16(8-6-15)13(17)11-4-3-10(18-2)9-12(11)14/h3-4,9H,5-8H2,1-2H3. The third kappa shape index (κ3) is 2.61. The predicted octanol–water partition coefficient (Wildman–Crippen LogP) is 1.22. The van der Waals surface area contributed by atoms with Gasteiger partial charge in [0.15, 0.2) is 0 Å². The number of halogens is 1. The van der Waals surface area contributed by atoms with Gasteiger partial charge in [0.1, 0.15) is 11.6 Å². The summed E-state index contributed by atoms with van der Waals surface area (Å²) in [5.41, 5.74) is 0.111. The Balaban J connectivity index is 2.13. The van der Waals surface area contributed by atoms with Crippen molar-refractivity contribution in [3.8, 4) is 5.75 Å². The number of piperazine rings is 1. The second-order valence-electron chi connectivity index (χ2n) is 4.44. The van der Waals surface area contributed by atoms with Crippen molar-refractivity contribution < 1.29 is 13.9 Å². The van der Waals surface area contributed by atoms with Gasteiger partial charge in [-0.15, -0.1) is 0 Å². The molecule has 0 N–H and O–H groups in total. The van der Waals surface area contributed by atoms with Crippen molar-refractivity contribution in [2.24, 2.45) is 0 Å². The van der Waals surface area contributed by atoms with Gasteiger partial charge in [-0.25, -0.2) is 4.39 Å². The molecule has 1 amide bonds. The van der Waals surface area contributed by atoms with Crippen LogP contribution in [-0.2, 0) is 0 Å². The number of nitrogens with zero attached hydrogens (tertiary/aromatic N) is 2. The molecule has 1 aromatic rings. The second-order valence-corrected chi connectivity index (χ2v) is 4.44. The van der Waals surface area contributed by atoms with Crippen LogP contribution in [-0.4, -0.2) is 56.0 Å². The lowest BCUT2D eigenvalue weighted by Crippen LogP contribution is -2.47. The molecule has 1 aliphatic rings. The molecule has 0 saturated carbocycles. The van der Waals surface area contributed by atoms with Gasteiger partial charge in [0.05, 0.1) is 12.7 Å². The quantitative estimate of drug-likeness (QED) is 0.793. The van der Waals surface area contributed by atoms with Gasteiger partial charge in [-0.1, -0.05) is 0 Å². The van der Waals surface area contributed by atoms with Crippen LogP contribution in [0.4, 0.5) is 4.39 Å². The van der Waals surface area contributed by atoms with Crippen LogP contribution in [0.3, 0.4) is 0 Å². The first-order valence-corrected chi connectivity index (χ1v) is 5.93. The van der Waals surface area contributed by atoms with Gasteiger partial charge in [0.25, 0.3) is 5.91 Å². The maximum Gasteiger partial charge on any atom is 0.256 e. The van der Waals surface area contributed by atoms with Gasteiger partial charge in [-0.3, -0.25) is 4.79 Å². The zero-order valence-corrected chi connectivity index (χ0v) is 10.6. The molecule has 1 saturated heterocycles. The number of rotatable bonds is 2. The minimum absolute atomic E-state index is 0.111. The van der Waals surface area contributed by atoms with Crippen molar-refractivity contribution in [2.75, 3.05) is 40.3 Å². The van der Waals surface area contributed by atoms with E-state index in [2.05, 4.69) is 4.90 Å². The number of carbonyl (C=O) groups excluding carboxylic acids is 1. The van der Waals surface area contributed by atoms with Crippen LogP contribution in [0.15, 0.2) is 18.2 Å². The zero-order chi connectivity index (χ0) is 13.1. The number of hydrogen-bond donors (Lipinski definition) is 0. The SMILES string of the molecule is COc1ccc(C(=O)N2CCN(C)CC2)c(F)c1. The highest BCUT2D eigenvalue weighted by atomic mass is 19.1. The molecule has 98 valence electrons. The summed E-state index contributed by atoms with van der Waals surface area (Å²) >= 11 is 0. The molecule has 1 aliphatic heterocycles. The fourth-order valence-electron chi connectivity index (χ4n) is 1.98. The Morgan fingerprint density at radius 1 is 1.28 bits per heavy atom. The summed E-state index contributed by atoms with van der Waals surface area (Å²) < 4.78 is 18.7. The first-order chi connectivity index (χ1) is 8.61. The normalized spacial score (nSPS) is 16.7. The van der Waals surface area contributed by atoms with E-state index < -0.39 is 5.82 Å². The molecule has 0 aliphatic carbocycles. The van der Waals surface area contributed by atoms with E-state index >= 15 is 0 Å². The average Bonchev–Trinajstić information content (AvgIpc) is 2.38. The minimum atomic E-state index is -0.529. The Morgan fingerprint density at radius 2 is 1.94 bits per heavy atom. The van der Waals surface area contributed by atoms with Crippen LogP contribution in [0, 0.1) is 5.82 Å². The van der Waals surface area contributed by atoms with Gasteiger partial charge in [-0.05, 0) is 19.2 Å². The fraction of sp³-hybridized carbons (Fsp3) is 0.462. The molecule has 1 heterocycles. The third-order valence-corrected chi connectivity index (χ3v) is 3.20. The molecule has 0 aromatic heterocycles. The molecular formula is C13H17FN2O2. The summed E-state index contributed by atoms with van der Waals surface area (Å²) in [5, 5.41) is 0. The molecule has 0 bridgehead atoms. The van der Waals surface area contributed by atoms with Crippen molar-refractivity contribution in [3.63, 3.8) is 0 Å². The topological polar surface area (TPSA) is 32.8 Å². The van der Waals surface area contributed by atoms with Gasteiger partial charge >= 0.3 is 0 Å². The maximum absolute atomic E-state index is 13.8. The van der Waals surface area contributed by atoms with Crippen LogP contribution in [0.1, 0.15) is 10.4 Å². The Hall–Kier alpha value is -1.62. The molecule has 0 unspecified atom stereocenters. The Kier molecular flexibility index (Phi) is 3.81. The maximum atomic E-state index is 13.8. The fourth-order valence-corrected chi connectivity index (χ4v) is 1.98. The first kappa shape index (κ1) is 12.8. The summed E-state index contributed by atoms with van der Waals surface area (Å²) in [6.07, 6.45) is 0. The van der Waals surface area contributed by atoms with E-state index in [9.17, 15) is 9.18 Å². The Labute approximate surface area is 106 Å². The van der Waals surface area contributed by atoms with E-state index in [-0.39, 0.29) is 11.5 Å². The van der Waals surface area contributed by atoms with Crippen LogP contribution in [0.2, 0.25) is 0 Å². The van der Waals surface area contributed by atoms with E-state index in [4.69, 9.17) is 4.74 Å². The molecule has 5 heteroatoms. The molecule has 0 spiro atoms. The van der Waals surface area contributed by atoms with Crippen molar-refractivity contribution in [1.29, 1.82) is 0 Å². The van der Waals surface area contributed by atoms with Crippen LogP contribution >= 0.6 is 0 Å². The Bertz CT molecular complexity index is 443. The summed E-state index contributed by atoms with van der Waals surface area (Å²) in [6.45, 7) is 2.93. The highest BCUT2D eigenvalue weighted by Crippen LogP contribution is 2.18. The van der Waals surface area contributed by atoms with E-state index in [1.807, 2.05) is 7.05 Å². The van der Waals surface area contributed by atoms with Gasteiger partial charge in [0.2, 0.25) is 0 Å². The summed E-state index contributed by atoms with van der Waals surface area (Å²) in [6, 6.07) is 4.32. The van der Waals surface area contributed by atoms with Crippen molar-refractivity contribution >= 4 is 5.91 Å². The van der Waals surface area contributed by atoms with E-state index in [1.165, 1.54) is 19.2 Å². The monoisotopic (exact) mass is 252 g/mol. The summed E-state index contributed by atoms with van der Waals surface area (Å²) in [7, 11) is 3.48. The van der Waals surface area contributed by atoms with E-state index in [0.29, 0.717) is 18.8 Å². The number of carbonyl (C=O) groups is 1. The molecule has 1 fully saturated rings. The number of likely N-dealkylation sites (N-methyl/N-ethyl adjacent to an activating group) is 1. The van der Waals surface area contributed by atoms with Crippen molar-refractivity contribution in [3.05, 3.63) is 29.6 Å². The van der Waals surface area contributed by atoms with E-state index in [0.717, 1.165) is 13.1 Å². The molecule has 4 nitrogen and oxygen atoms in total. The summed E-state index contributed by atoms with van der Waals surface area (Å²) in [5.74, 6) is -0.357. The lowest BCUT2D eigenvalue weighted by Gasteiger charge is -2.32. The molecule has 18 heavy (non-hydrogen) atoms. The number of methoxy groups -OCH3 is 1. The second kappa shape index (κ2) is 5.35. The molecule has 0 radical (unpaired) electrons. The smallest absolute Gasteiger partial charge is 0.256 e. The number of ether oxygens (including phenoxy) is 1. The number of hydrogen-bond acceptors (Lipinski definition) is 3. The third-order valence-electron chi connectivity index (χ3n) is 3.20. The average molecular weight is 252 g/mol. The molecule has 1 aromatic carbocycles. The zero-order valence-electron chi connectivity index (χ0n) is 10.6. The molecule has 0 atom stereocenters. The first-order valence-electron chi connectivity index (χ1n) is 5.93. The molecular weight excluding hydrogens is 235 g/mol. The van der Waals surface area contributed by atoms with Crippen LogP contribution < -0.4 is 4.74 Å². The number of amides is 1. The minimum Gasteiger partial charge on any atom is -0.497 e. The van der Waals surface area contributed by atoms with Gasteiger partial charge in [0, 0.05) is 32.2 Å². The van der Waals surface area contributed by atoms with Crippen molar-refractivity contribution in [1.82, 2.24) is 9.80 Å². The number of benzene rings is 1. The van der Waals surface area contributed by atoms with Crippen LogP contribution in [0.5, 0.6) is 5.75 Å². The lowest BCUT2D eigenvalue weighted by atomic mass is 10.1.